The van der Waals surface area contributed by atoms with E-state index in [0.29, 0.717) is 76.9 Å². The van der Waals surface area contributed by atoms with Gasteiger partial charge in [-0.15, -0.1) is 0 Å². The Kier molecular flexibility index (Phi) is 8.51. The van der Waals surface area contributed by atoms with E-state index >= 15 is 13.6 Å². The molecule has 3 aromatic carbocycles. The van der Waals surface area contributed by atoms with Crippen molar-refractivity contribution in [3.05, 3.63) is 139 Å². The van der Waals surface area contributed by atoms with Crippen molar-refractivity contribution >= 4 is 27.7 Å². The molecule has 17 heteroatoms. The molecule has 1 amide bonds. The summed E-state index contributed by atoms with van der Waals surface area (Å²) in [4.78, 5) is 47.6. The van der Waals surface area contributed by atoms with E-state index < -0.39 is 28.8 Å². The van der Waals surface area contributed by atoms with Crippen LogP contribution in [0.5, 0.6) is 0 Å². The number of nitrogens with zero attached hydrogens (tertiary/aromatic N) is 9. The van der Waals surface area contributed by atoms with E-state index in [0.717, 1.165) is 36.6 Å². The Bertz CT molecular complexity index is 3460. The van der Waals surface area contributed by atoms with Gasteiger partial charge in [0.1, 0.15) is 22.9 Å². The van der Waals surface area contributed by atoms with Crippen molar-refractivity contribution in [2.75, 3.05) is 13.2 Å². The lowest BCUT2D eigenvalue weighted by Gasteiger charge is -2.35. The van der Waals surface area contributed by atoms with E-state index in [1.165, 1.54) is 27.1 Å². The maximum atomic E-state index is 16.2. The zero-order valence-electron chi connectivity index (χ0n) is 37.5. The summed E-state index contributed by atoms with van der Waals surface area (Å²) in [6.07, 6.45) is 9.11. The fourth-order valence-electron chi connectivity index (χ4n) is 11.6. The van der Waals surface area contributed by atoms with Crippen LogP contribution in [0.25, 0.3) is 39.0 Å². The Morgan fingerprint density at radius 2 is 1.71 bits per heavy atom. The maximum absolute atomic E-state index is 16.2. The number of fused-ring (bicyclic) bond motifs is 3. The molecule has 0 unspecified atom stereocenters. The highest BCUT2D eigenvalue weighted by molar-refractivity contribution is 6.00. The molecule has 12 rings (SSSR count). The molecule has 8 aromatic rings. The number of imidazole rings is 1. The molecular weight excluding hydrogens is 847 g/mol. The fraction of sp³-hybridized carbons (Fsp3) is 0.388. The maximum Gasteiger partial charge on any atom is 0.438 e. The fourth-order valence-corrected chi connectivity index (χ4v) is 11.6. The van der Waals surface area contributed by atoms with Crippen LogP contribution in [-0.2, 0) is 23.7 Å². The molecular formula is C49H48F2N10O5. The molecule has 2 saturated carbocycles. The second-order valence-corrected chi connectivity index (χ2v) is 19.6. The molecule has 2 aliphatic heterocycles. The highest BCUT2D eigenvalue weighted by atomic mass is 19.1. The Morgan fingerprint density at radius 1 is 0.955 bits per heavy atom. The summed E-state index contributed by atoms with van der Waals surface area (Å²) >= 11 is 0. The van der Waals surface area contributed by atoms with Crippen molar-refractivity contribution in [1.82, 2.24) is 48.3 Å². The number of carbonyl (C=O) groups excluding carboxylic acids is 1. The van der Waals surface area contributed by atoms with Gasteiger partial charge in [0.25, 0.3) is 5.91 Å². The number of halogens is 2. The number of aryl methyl sites for hydroxylation is 3. The number of H-pyrrole nitrogens is 1. The first-order valence-electron chi connectivity index (χ1n) is 22.6. The van der Waals surface area contributed by atoms with Gasteiger partial charge in [0, 0.05) is 60.9 Å². The van der Waals surface area contributed by atoms with Crippen LogP contribution in [-0.4, -0.2) is 73.0 Å². The molecule has 338 valence electrons. The number of hydrogen-bond acceptors (Lipinski definition) is 8. The number of carbonyl (C=O) groups is 1. The third kappa shape index (κ3) is 5.73. The monoisotopic (exact) mass is 894 g/mol. The normalized spacial score (nSPS) is 21.8. The van der Waals surface area contributed by atoms with Gasteiger partial charge < -0.3 is 14.2 Å². The van der Waals surface area contributed by atoms with Crippen molar-refractivity contribution in [3.8, 4) is 17.2 Å². The summed E-state index contributed by atoms with van der Waals surface area (Å²) in [6, 6.07) is 14.4. The lowest BCUT2D eigenvalue weighted by molar-refractivity contribution is -0.0592. The van der Waals surface area contributed by atoms with Crippen molar-refractivity contribution in [2.24, 2.45) is 12.5 Å². The average molecular weight is 895 g/mol. The largest absolute Gasteiger partial charge is 0.438 e. The summed E-state index contributed by atoms with van der Waals surface area (Å²) in [6.45, 7) is 10.5. The summed E-state index contributed by atoms with van der Waals surface area (Å²) in [5.74, 6) is -0.809. The summed E-state index contributed by atoms with van der Waals surface area (Å²) in [5, 5.41) is 14.7. The van der Waals surface area contributed by atoms with Crippen LogP contribution >= 0.6 is 0 Å². The molecule has 0 radical (unpaired) electrons. The number of ether oxygens (including phenoxy) is 1. The molecule has 1 N–H and O–H groups in total. The van der Waals surface area contributed by atoms with Crippen LogP contribution in [0, 0.1) is 30.9 Å². The smallest absolute Gasteiger partial charge is 0.376 e. The lowest BCUT2D eigenvalue weighted by Crippen LogP contribution is -2.41. The highest BCUT2D eigenvalue weighted by Crippen LogP contribution is 2.79. The minimum Gasteiger partial charge on any atom is -0.376 e. The first-order valence-corrected chi connectivity index (χ1v) is 22.6. The molecule has 66 heavy (non-hydrogen) atoms. The molecule has 1 spiro atoms. The van der Waals surface area contributed by atoms with Gasteiger partial charge in [0.2, 0.25) is 0 Å². The van der Waals surface area contributed by atoms with Crippen molar-refractivity contribution in [2.45, 2.75) is 96.2 Å². The summed E-state index contributed by atoms with van der Waals surface area (Å²) in [7, 11) is 1.72. The average Bonchev–Trinajstić information content (AvgIpc) is 3.68. The zero-order valence-corrected chi connectivity index (χ0v) is 37.5. The highest BCUT2D eigenvalue weighted by Gasteiger charge is 2.78. The van der Waals surface area contributed by atoms with Crippen LogP contribution in [0.1, 0.15) is 109 Å². The van der Waals surface area contributed by atoms with Crippen LogP contribution in [0.15, 0.2) is 81.2 Å². The van der Waals surface area contributed by atoms with Crippen molar-refractivity contribution in [1.29, 1.82) is 0 Å². The lowest BCUT2D eigenvalue weighted by atomic mass is 9.83. The minimum absolute atomic E-state index is 0.0462. The van der Waals surface area contributed by atoms with Crippen LogP contribution < -0.4 is 11.4 Å². The van der Waals surface area contributed by atoms with E-state index in [2.05, 4.69) is 51.9 Å². The number of benzene rings is 3. The molecule has 3 atom stereocenters. The van der Waals surface area contributed by atoms with Gasteiger partial charge in [0.15, 0.2) is 11.6 Å². The molecule has 1 saturated heterocycles. The predicted octanol–water partition coefficient (Wildman–Crippen LogP) is 7.59. The van der Waals surface area contributed by atoms with Gasteiger partial charge in [0.05, 0.1) is 45.8 Å². The van der Waals surface area contributed by atoms with Crippen LogP contribution in [0.2, 0.25) is 0 Å². The van der Waals surface area contributed by atoms with Gasteiger partial charge in [-0.2, -0.15) is 10.2 Å². The molecule has 15 nitrogen and oxygen atoms in total. The molecule has 0 bridgehead atoms. The summed E-state index contributed by atoms with van der Waals surface area (Å²) < 4.78 is 50.5. The Hall–Kier alpha value is -6.88. The number of hydrogen-bond donors (Lipinski definition) is 1. The summed E-state index contributed by atoms with van der Waals surface area (Å²) in [5.41, 5.74) is 3.90. The first-order chi connectivity index (χ1) is 31.6. The number of amides is 1. The second kappa shape index (κ2) is 13.8. The molecule has 7 heterocycles. The van der Waals surface area contributed by atoms with Crippen molar-refractivity contribution < 1.29 is 22.8 Å². The topological polar surface area (TPSA) is 156 Å². The number of rotatable bonds is 7. The Balaban J connectivity index is 1.01. The van der Waals surface area contributed by atoms with E-state index in [9.17, 15) is 9.59 Å². The second-order valence-electron chi connectivity index (χ2n) is 19.6. The minimum atomic E-state index is -0.809. The van der Waals surface area contributed by atoms with Gasteiger partial charge >= 0.3 is 11.4 Å². The van der Waals surface area contributed by atoms with Gasteiger partial charge in [-0.05, 0) is 132 Å². The third-order valence-electron chi connectivity index (χ3n) is 15.1. The number of aromatic amines is 1. The van der Waals surface area contributed by atoms with E-state index in [4.69, 9.17) is 14.4 Å². The third-order valence-corrected chi connectivity index (χ3v) is 15.1. The molecule has 5 aromatic heterocycles. The zero-order chi connectivity index (χ0) is 45.8. The van der Waals surface area contributed by atoms with Crippen LogP contribution in [0.4, 0.5) is 8.78 Å². The van der Waals surface area contributed by atoms with E-state index in [-0.39, 0.29) is 39.7 Å². The standard InChI is InChI=1S/C49H48F2N10O5/c1-26-19-32(20-27(2)40(26)50)61-42(59-17-16-58(46(59)64)37-10-9-36-33(41(37)51)24-52-56(36)6)39-28(3)57(15-11-34(39)54-61)43(62)38-22-31-21-29(30-12-18-65-47(4,5)23-30)7-8-35(31)60(38)49(25-48(49)13-14-48)44-53-45(63)66-55-44/h7-10,16-17,19-22,24,28,30H,11-15,18,23,25H2,1-6H3,(H,53,55,63)/t28-,30-,49+/m0/s1. The quantitative estimate of drug-likeness (QED) is 0.172. The van der Waals surface area contributed by atoms with Gasteiger partial charge in [-0.1, -0.05) is 11.2 Å². The molecule has 2 aliphatic carbocycles. The predicted molar refractivity (Wildman–Crippen MR) is 240 cm³/mol. The number of nitrogens with one attached hydrogen (secondary N) is 1. The van der Waals surface area contributed by atoms with Crippen molar-refractivity contribution in [3.63, 3.8) is 0 Å². The van der Waals surface area contributed by atoms with Gasteiger partial charge in [-0.25, -0.2) is 23.1 Å². The first kappa shape index (κ1) is 40.6. The molecule has 3 fully saturated rings. The van der Waals surface area contributed by atoms with E-state index in [1.807, 2.05) is 17.9 Å². The molecule has 4 aliphatic rings. The SMILES string of the molecule is Cc1cc(-n2nc3c(c2-n2ccn(-c4ccc5c(cnn5C)c4F)c2=O)[C@H](C)N(C(=O)c2cc4cc([C@H]5CCOC(C)(C)C5)ccc4n2[C@@]2(c4noc(=O)[nH]4)CC24CC4)CC3)cc(C)c1F. The van der Waals surface area contributed by atoms with Crippen LogP contribution in [0.3, 0.4) is 0 Å². The van der Waals surface area contributed by atoms with Gasteiger partial charge in [-0.3, -0.25) is 28.1 Å². The number of aromatic nitrogens is 9. The Labute approximate surface area is 376 Å². The Morgan fingerprint density at radius 3 is 2.42 bits per heavy atom. The van der Waals surface area contributed by atoms with E-state index in [1.54, 1.807) is 60.7 Å².